The Bertz CT molecular complexity index is 995. The van der Waals surface area contributed by atoms with Gasteiger partial charge in [0.2, 0.25) is 0 Å². The maximum atomic E-state index is 13.4. The number of hydrogen-bond donors (Lipinski definition) is 0. The number of aryl methyl sites for hydroxylation is 2. The summed E-state index contributed by atoms with van der Waals surface area (Å²) in [4.78, 5) is 20.0. The van der Waals surface area contributed by atoms with Crippen molar-refractivity contribution < 1.29 is 9.53 Å². The number of ether oxygens (including phenoxy) is 1. The van der Waals surface area contributed by atoms with Gasteiger partial charge in [0.25, 0.3) is 5.91 Å². The number of halogens is 1. The van der Waals surface area contributed by atoms with Crippen LogP contribution < -0.4 is 4.90 Å². The van der Waals surface area contributed by atoms with Gasteiger partial charge in [-0.2, -0.15) is 0 Å². The molecule has 1 aromatic heterocycles. The highest BCUT2D eigenvalue weighted by Crippen LogP contribution is 2.34. The number of amides is 1. The lowest BCUT2D eigenvalue weighted by Gasteiger charge is -2.23. The summed E-state index contributed by atoms with van der Waals surface area (Å²) in [6.45, 7) is 5.46. The number of aromatic nitrogens is 1. The Kier molecular flexibility index (Phi) is 5.30. The fraction of sp³-hybridized carbons (Fsp3) is 0.333. The smallest absolute Gasteiger partial charge is 0.261 e. The van der Waals surface area contributed by atoms with Crippen LogP contribution in [0.25, 0.3) is 10.2 Å². The van der Waals surface area contributed by atoms with E-state index in [0.717, 1.165) is 39.3 Å². The number of benzene rings is 2. The van der Waals surface area contributed by atoms with Crippen LogP contribution in [0.15, 0.2) is 40.9 Å². The van der Waals surface area contributed by atoms with E-state index < -0.39 is 0 Å². The molecule has 3 aromatic rings. The second-order valence-corrected chi connectivity index (χ2v) is 8.79. The second kappa shape index (κ2) is 7.70. The molecule has 27 heavy (non-hydrogen) atoms. The second-order valence-electron chi connectivity index (χ2n) is 6.96. The molecule has 6 heteroatoms. The van der Waals surface area contributed by atoms with Crippen molar-refractivity contribution in [2.24, 2.45) is 0 Å². The average Bonchev–Trinajstić information content (AvgIpc) is 3.29. The number of thiazole rings is 1. The third-order valence-electron chi connectivity index (χ3n) is 4.80. The minimum absolute atomic E-state index is 0.0496. The Balaban J connectivity index is 1.76. The van der Waals surface area contributed by atoms with Crippen LogP contribution in [0.3, 0.4) is 0 Å². The van der Waals surface area contributed by atoms with Gasteiger partial charge in [0.05, 0.1) is 28.4 Å². The third-order valence-corrected chi connectivity index (χ3v) is 6.72. The summed E-state index contributed by atoms with van der Waals surface area (Å²) in [5.41, 5.74) is 3.96. The van der Waals surface area contributed by atoms with Crippen LogP contribution in [0.1, 0.15) is 34.3 Å². The van der Waals surface area contributed by atoms with E-state index in [1.807, 2.05) is 24.3 Å². The van der Waals surface area contributed by atoms with E-state index in [2.05, 4.69) is 41.9 Å². The number of fused-ring (bicyclic) bond motifs is 1. The Morgan fingerprint density at radius 3 is 2.89 bits per heavy atom. The highest BCUT2D eigenvalue weighted by atomic mass is 79.9. The zero-order valence-corrected chi connectivity index (χ0v) is 17.8. The van der Waals surface area contributed by atoms with Gasteiger partial charge in [-0.3, -0.25) is 9.69 Å². The molecule has 4 rings (SSSR count). The topological polar surface area (TPSA) is 42.4 Å². The predicted molar refractivity (Wildman–Crippen MR) is 114 cm³/mol. The van der Waals surface area contributed by atoms with Gasteiger partial charge in [-0.15, -0.1) is 0 Å². The standard InChI is InChI=1S/C21H21BrN2O2S/c1-13-10-14(2)19-18(11-13)23-21(27-19)24(12-15-6-5-9-26-15)20(25)16-7-3-4-8-17(16)22/h3-4,7-8,10-11,15H,5-6,9,12H2,1-2H3. The first kappa shape index (κ1) is 18.6. The number of carbonyl (C=O) groups is 1. The summed E-state index contributed by atoms with van der Waals surface area (Å²) in [6, 6.07) is 11.8. The quantitative estimate of drug-likeness (QED) is 0.533. The molecule has 0 radical (unpaired) electrons. The molecule has 140 valence electrons. The number of nitrogens with zero attached hydrogens (tertiary/aromatic N) is 2. The Morgan fingerprint density at radius 1 is 1.33 bits per heavy atom. The van der Waals surface area contributed by atoms with Crippen LogP contribution in [0.4, 0.5) is 5.13 Å². The number of rotatable bonds is 4. The molecule has 1 aliphatic rings. The maximum Gasteiger partial charge on any atom is 0.261 e. The van der Waals surface area contributed by atoms with Gasteiger partial charge in [0, 0.05) is 11.1 Å². The van der Waals surface area contributed by atoms with E-state index in [0.29, 0.717) is 12.1 Å². The third kappa shape index (κ3) is 3.79. The number of hydrogen-bond acceptors (Lipinski definition) is 4. The van der Waals surface area contributed by atoms with Gasteiger partial charge in [-0.05, 0) is 71.9 Å². The van der Waals surface area contributed by atoms with Crippen molar-refractivity contribution >= 4 is 48.5 Å². The molecule has 2 heterocycles. The molecule has 1 aliphatic heterocycles. The summed E-state index contributed by atoms with van der Waals surface area (Å²) < 4.78 is 7.73. The van der Waals surface area contributed by atoms with E-state index in [-0.39, 0.29) is 12.0 Å². The molecule has 2 aromatic carbocycles. The molecule has 1 fully saturated rings. The SMILES string of the molecule is Cc1cc(C)c2sc(N(CC3CCCO3)C(=O)c3ccccc3Br)nc2c1. The lowest BCUT2D eigenvalue weighted by Crippen LogP contribution is -2.37. The fourth-order valence-corrected chi connectivity index (χ4v) is 4.98. The highest BCUT2D eigenvalue weighted by Gasteiger charge is 2.28. The number of anilines is 1. The summed E-state index contributed by atoms with van der Waals surface area (Å²) in [5.74, 6) is -0.0496. The van der Waals surface area contributed by atoms with Crippen molar-refractivity contribution in [1.82, 2.24) is 4.98 Å². The van der Waals surface area contributed by atoms with E-state index in [4.69, 9.17) is 9.72 Å². The van der Waals surface area contributed by atoms with Crippen LogP contribution in [-0.4, -0.2) is 30.1 Å². The van der Waals surface area contributed by atoms with Gasteiger partial charge < -0.3 is 4.74 Å². The van der Waals surface area contributed by atoms with E-state index in [1.54, 1.807) is 16.2 Å². The molecule has 1 atom stereocenters. The van der Waals surface area contributed by atoms with Crippen molar-refractivity contribution in [3.8, 4) is 0 Å². The lowest BCUT2D eigenvalue weighted by molar-refractivity contribution is 0.0917. The molecular weight excluding hydrogens is 424 g/mol. The van der Waals surface area contributed by atoms with Crippen LogP contribution in [0.2, 0.25) is 0 Å². The average molecular weight is 445 g/mol. The first-order chi connectivity index (χ1) is 13.0. The molecule has 0 N–H and O–H groups in total. The monoisotopic (exact) mass is 444 g/mol. The molecule has 0 saturated carbocycles. The maximum absolute atomic E-state index is 13.4. The van der Waals surface area contributed by atoms with Crippen LogP contribution >= 0.6 is 27.3 Å². The summed E-state index contributed by atoms with van der Waals surface area (Å²) >= 11 is 5.09. The summed E-state index contributed by atoms with van der Waals surface area (Å²) in [6.07, 6.45) is 2.08. The first-order valence-electron chi connectivity index (χ1n) is 9.08. The predicted octanol–water partition coefficient (Wildman–Crippen LogP) is 5.50. The van der Waals surface area contributed by atoms with Crippen molar-refractivity contribution in [3.63, 3.8) is 0 Å². The van der Waals surface area contributed by atoms with Crippen molar-refractivity contribution in [2.45, 2.75) is 32.8 Å². The summed E-state index contributed by atoms with van der Waals surface area (Å²) in [5, 5.41) is 0.731. The molecule has 0 spiro atoms. The van der Waals surface area contributed by atoms with E-state index >= 15 is 0 Å². The van der Waals surface area contributed by atoms with Crippen molar-refractivity contribution in [1.29, 1.82) is 0 Å². The highest BCUT2D eigenvalue weighted by molar-refractivity contribution is 9.10. The summed E-state index contributed by atoms with van der Waals surface area (Å²) in [7, 11) is 0. The first-order valence-corrected chi connectivity index (χ1v) is 10.7. The molecule has 1 unspecified atom stereocenters. The largest absolute Gasteiger partial charge is 0.376 e. The van der Waals surface area contributed by atoms with E-state index in [1.165, 1.54) is 11.1 Å². The van der Waals surface area contributed by atoms with Crippen molar-refractivity contribution in [2.75, 3.05) is 18.1 Å². The Labute approximate surface area is 171 Å². The van der Waals surface area contributed by atoms with Crippen molar-refractivity contribution in [3.05, 3.63) is 57.6 Å². The van der Waals surface area contributed by atoms with Crippen LogP contribution in [-0.2, 0) is 4.74 Å². The van der Waals surface area contributed by atoms with Gasteiger partial charge in [-0.25, -0.2) is 4.98 Å². The van der Waals surface area contributed by atoms with Gasteiger partial charge >= 0.3 is 0 Å². The molecule has 0 bridgehead atoms. The van der Waals surface area contributed by atoms with Gasteiger partial charge in [0.1, 0.15) is 0 Å². The Morgan fingerprint density at radius 2 is 2.15 bits per heavy atom. The molecule has 1 saturated heterocycles. The zero-order chi connectivity index (χ0) is 19.0. The lowest BCUT2D eigenvalue weighted by atomic mass is 10.1. The zero-order valence-electron chi connectivity index (χ0n) is 15.4. The number of carbonyl (C=O) groups excluding carboxylic acids is 1. The van der Waals surface area contributed by atoms with Crippen LogP contribution in [0, 0.1) is 13.8 Å². The molecular formula is C21H21BrN2O2S. The van der Waals surface area contributed by atoms with Gasteiger partial charge in [0.15, 0.2) is 5.13 Å². The minimum Gasteiger partial charge on any atom is -0.376 e. The molecule has 0 aliphatic carbocycles. The van der Waals surface area contributed by atoms with E-state index in [9.17, 15) is 4.79 Å². The Hall–Kier alpha value is -1.76. The fourth-order valence-electron chi connectivity index (χ4n) is 3.50. The minimum atomic E-state index is -0.0496. The molecule has 4 nitrogen and oxygen atoms in total. The molecule has 1 amide bonds. The normalized spacial score (nSPS) is 16.8. The van der Waals surface area contributed by atoms with Crippen LogP contribution in [0.5, 0.6) is 0 Å². The van der Waals surface area contributed by atoms with Gasteiger partial charge in [-0.1, -0.05) is 29.5 Å².